The van der Waals surface area contributed by atoms with E-state index in [0.717, 1.165) is 22.2 Å². The molecule has 1 aliphatic carbocycles. The van der Waals surface area contributed by atoms with Crippen molar-refractivity contribution in [3.63, 3.8) is 0 Å². The molecule has 3 heterocycles. The molecule has 7 nitrogen and oxygen atoms in total. The second kappa shape index (κ2) is 6.81. The number of imidazole rings is 1. The van der Waals surface area contributed by atoms with E-state index >= 15 is 0 Å². The number of rotatable bonds is 4. The van der Waals surface area contributed by atoms with Gasteiger partial charge in [-0.1, -0.05) is 41.0 Å². The number of halogens is 4. The van der Waals surface area contributed by atoms with E-state index in [1.165, 1.54) is 6.20 Å². The van der Waals surface area contributed by atoms with Gasteiger partial charge in [-0.15, -0.1) is 0 Å². The van der Waals surface area contributed by atoms with E-state index in [1.54, 1.807) is 12.1 Å². The second-order valence-electron chi connectivity index (χ2n) is 7.26. The van der Waals surface area contributed by atoms with Crippen LogP contribution in [-0.4, -0.2) is 30.6 Å². The van der Waals surface area contributed by atoms with Crippen molar-refractivity contribution in [3.8, 4) is 23.0 Å². The van der Waals surface area contributed by atoms with Gasteiger partial charge >= 0.3 is 12.1 Å². The maximum atomic E-state index is 13.0. The third-order valence-electron chi connectivity index (χ3n) is 5.18. The summed E-state index contributed by atoms with van der Waals surface area (Å²) in [5.41, 5.74) is 0.980. The number of nitrogens with zero attached hydrogens (tertiary/aromatic N) is 4. The van der Waals surface area contributed by atoms with Gasteiger partial charge in [-0.2, -0.15) is 18.2 Å². The molecule has 1 N–H and O–H groups in total. The van der Waals surface area contributed by atoms with Gasteiger partial charge in [0.1, 0.15) is 5.69 Å². The van der Waals surface area contributed by atoms with Gasteiger partial charge in [-0.3, -0.25) is 4.79 Å². The van der Waals surface area contributed by atoms with E-state index in [-0.39, 0.29) is 39.9 Å². The molecule has 5 rings (SSSR count). The Hall–Kier alpha value is -3.40. The van der Waals surface area contributed by atoms with Crippen molar-refractivity contribution in [2.24, 2.45) is 5.92 Å². The Morgan fingerprint density at radius 2 is 1.94 bits per heavy atom. The van der Waals surface area contributed by atoms with Gasteiger partial charge in [0.05, 0.1) is 16.5 Å². The number of alkyl halides is 3. The summed E-state index contributed by atoms with van der Waals surface area (Å²) in [4.78, 5) is 19.5. The summed E-state index contributed by atoms with van der Waals surface area (Å²) in [5, 5.41) is 12.8. The van der Waals surface area contributed by atoms with Crippen LogP contribution in [-0.2, 0) is 11.0 Å². The molecule has 1 aromatic carbocycles. The van der Waals surface area contributed by atoms with Crippen LogP contribution in [0.2, 0.25) is 5.02 Å². The number of aromatic nitrogens is 4. The van der Waals surface area contributed by atoms with Gasteiger partial charge in [-0.05, 0) is 24.0 Å². The second-order valence-corrected chi connectivity index (χ2v) is 7.67. The summed E-state index contributed by atoms with van der Waals surface area (Å²) in [7, 11) is 0. The minimum atomic E-state index is -4.54. The molecule has 0 saturated heterocycles. The predicted octanol–water partition coefficient (Wildman–Crippen LogP) is 4.91. The molecule has 11 heteroatoms. The van der Waals surface area contributed by atoms with Crippen LogP contribution in [0.4, 0.5) is 13.2 Å². The highest BCUT2D eigenvalue weighted by atomic mass is 35.5. The largest absolute Gasteiger partial charge is 0.481 e. The summed E-state index contributed by atoms with van der Waals surface area (Å²) < 4.78 is 45.4. The Kier molecular flexibility index (Phi) is 4.30. The van der Waals surface area contributed by atoms with E-state index in [1.807, 2.05) is 12.1 Å². The topological polar surface area (TPSA) is 93.5 Å². The molecule has 2 unspecified atom stereocenters. The molecular formula is C20H12ClF3N4O3. The van der Waals surface area contributed by atoms with Crippen LogP contribution in [0, 0.1) is 5.92 Å². The van der Waals surface area contributed by atoms with Crippen molar-refractivity contribution in [3.05, 3.63) is 58.9 Å². The predicted molar refractivity (Wildman–Crippen MR) is 102 cm³/mol. The molecule has 0 spiro atoms. The molecule has 1 aliphatic rings. The molecule has 0 bridgehead atoms. The van der Waals surface area contributed by atoms with Crippen LogP contribution in [0.15, 0.2) is 47.2 Å². The summed E-state index contributed by atoms with van der Waals surface area (Å²) in [5.74, 6) is -0.836. The minimum absolute atomic E-state index is 0.0108. The fraction of sp³-hybridized carbons (Fsp3) is 0.200. The first-order valence-corrected chi connectivity index (χ1v) is 9.51. The summed E-state index contributed by atoms with van der Waals surface area (Å²) in [6.45, 7) is 0. The average molecular weight is 449 g/mol. The number of hydrogen-bond acceptors (Lipinski definition) is 5. The fourth-order valence-corrected chi connectivity index (χ4v) is 3.73. The fourth-order valence-electron chi connectivity index (χ4n) is 3.48. The number of benzene rings is 1. The molecule has 158 valence electrons. The number of carbonyl (C=O) groups is 1. The van der Waals surface area contributed by atoms with Crippen LogP contribution >= 0.6 is 11.6 Å². The maximum absolute atomic E-state index is 13.0. The van der Waals surface area contributed by atoms with E-state index in [9.17, 15) is 18.0 Å². The standard InChI is InChI=1S/C20H12ClF3N4O3/c21-14-5-11(20(22,23)24)7-28-8-15(25-17(14)28)18-26-16(27-31-18)10-3-1-9(2-4-10)12-6-13(12)19(29)30/h1-5,7-8,12-13H,6H2,(H,29,30). The zero-order valence-electron chi connectivity index (χ0n) is 15.5. The van der Waals surface area contributed by atoms with E-state index < -0.39 is 17.7 Å². The molecule has 0 aliphatic heterocycles. The molecule has 3 aromatic heterocycles. The van der Waals surface area contributed by atoms with E-state index in [4.69, 9.17) is 21.2 Å². The molecule has 4 aromatic rings. The van der Waals surface area contributed by atoms with Crippen LogP contribution in [0.25, 0.3) is 28.6 Å². The van der Waals surface area contributed by atoms with Crippen molar-refractivity contribution in [2.75, 3.05) is 0 Å². The minimum Gasteiger partial charge on any atom is -0.481 e. The summed E-state index contributed by atoms with van der Waals surface area (Å²) >= 11 is 5.96. The van der Waals surface area contributed by atoms with E-state index in [2.05, 4.69) is 15.1 Å². The van der Waals surface area contributed by atoms with Gasteiger partial charge < -0.3 is 14.0 Å². The van der Waals surface area contributed by atoms with Crippen LogP contribution in [0.3, 0.4) is 0 Å². The number of pyridine rings is 1. The third kappa shape index (κ3) is 3.52. The van der Waals surface area contributed by atoms with Crippen molar-refractivity contribution in [1.29, 1.82) is 0 Å². The van der Waals surface area contributed by atoms with Gasteiger partial charge in [0.2, 0.25) is 5.82 Å². The van der Waals surface area contributed by atoms with Gasteiger partial charge in [0, 0.05) is 18.0 Å². The Morgan fingerprint density at radius 3 is 2.58 bits per heavy atom. The van der Waals surface area contributed by atoms with Gasteiger partial charge in [0.25, 0.3) is 5.89 Å². The zero-order valence-corrected chi connectivity index (χ0v) is 16.2. The highest BCUT2D eigenvalue weighted by molar-refractivity contribution is 6.33. The number of carboxylic acids is 1. The summed E-state index contributed by atoms with van der Waals surface area (Å²) in [6, 6.07) is 7.97. The monoisotopic (exact) mass is 448 g/mol. The Bertz CT molecular complexity index is 1310. The lowest BCUT2D eigenvalue weighted by Crippen LogP contribution is -2.06. The lowest BCUT2D eigenvalue weighted by Gasteiger charge is -2.07. The van der Waals surface area contributed by atoms with Crippen molar-refractivity contribution in [2.45, 2.75) is 18.5 Å². The highest BCUT2D eigenvalue weighted by Gasteiger charge is 2.44. The smallest absolute Gasteiger partial charge is 0.417 e. The molecule has 0 amide bonds. The van der Waals surface area contributed by atoms with E-state index in [0.29, 0.717) is 12.0 Å². The Labute approximate surface area is 177 Å². The molecular weight excluding hydrogens is 437 g/mol. The van der Waals surface area contributed by atoms with Gasteiger partial charge in [-0.25, -0.2) is 4.98 Å². The molecule has 0 radical (unpaired) electrons. The first-order valence-electron chi connectivity index (χ1n) is 9.13. The molecule has 1 saturated carbocycles. The first-order chi connectivity index (χ1) is 14.7. The number of fused-ring (bicyclic) bond motifs is 1. The van der Waals surface area contributed by atoms with Crippen LogP contribution in [0.1, 0.15) is 23.5 Å². The van der Waals surface area contributed by atoms with Gasteiger partial charge in [0.15, 0.2) is 5.65 Å². The Morgan fingerprint density at radius 1 is 1.19 bits per heavy atom. The highest BCUT2D eigenvalue weighted by Crippen LogP contribution is 2.47. The molecule has 2 atom stereocenters. The zero-order chi connectivity index (χ0) is 21.9. The third-order valence-corrected chi connectivity index (χ3v) is 5.46. The number of carboxylic acid groups (broad SMARTS) is 1. The quantitative estimate of drug-likeness (QED) is 0.476. The lowest BCUT2D eigenvalue weighted by molar-refractivity contribution is -0.139. The lowest BCUT2D eigenvalue weighted by atomic mass is 10.1. The van der Waals surface area contributed by atoms with Crippen molar-refractivity contribution >= 4 is 23.2 Å². The molecule has 31 heavy (non-hydrogen) atoms. The summed E-state index contributed by atoms with van der Waals surface area (Å²) in [6.07, 6.45) is -1.71. The number of aliphatic carboxylic acids is 1. The maximum Gasteiger partial charge on any atom is 0.417 e. The number of hydrogen-bond donors (Lipinski definition) is 1. The van der Waals surface area contributed by atoms with Crippen LogP contribution in [0.5, 0.6) is 0 Å². The van der Waals surface area contributed by atoms with Crippen molar-refractivity contribution < 1.29 is 27.6 Å². The average Bonchev–Trinajstić information content (AvgIpc) is 3.16. The Balaban J connectivity index is 1.42. The first kappa shape index (κ1) is 19.6. The molecule has 1 fully saturated rings. The van der Waals surface area contributed by atoms with Crippen molar-refractivity contribution in [1.82, 2.24) is 19.5 Å². The SMILES string of the molecule is O=C(O)C1CC1c1ccc(-c2noc(-c3cn4cc(C(F)(F)F)cc(Cl)c4n3)n2)cc1. The normalized spacial score (nSPS) is 18.5. The van der Waals surface area contributed by atoms with Crippen LogP contribution < -0.4 is 0 Å².